The first-order chi connectivity index (χ1) is 9.75. The second-order valence-electron chi connectivity index (χ2n) is 4.61. The van der Waals surface area contributed by atoms with E-state index in [0.717, 1.165) is 16.3 Å². The minimum atomic E-state index is -3.45. The molecule has 116 valence electrons. The van der Waals surface area contributed by atoms with Crippen molar-refractivity contribution >= 4 is 37.5 Å². The monoisotopic (exact) mass is 374 g/mol. The number of aryl methyl sites for hydroxylation is 1. The fraction of sp³-hybridized carbons (Fsp3) is 0.357. The third kappa shape index (κ3) is 5.51. The standard InChI is InChI=1S/C14H19BrN2O3S/c1-4-8-16-14(18)7-9-17(21(3,19)20)12-6-5-11(2)13(15)10-12/h4-6,10H,1,7-9H2,2-3H3,(H,16,18). The van der Waals surface area contributed by atoms with E-state index in [-0.39, 0.29) is 18.9 Å². The normalized spacial score (nSPS) is 11.0. The summed E-state index contributed by atoms with van der Waals surface area (Å²) in [5.74, 6) is -0.213. The Bertz CT molecular complexity index is 629. The molecule has 1 rings (SSSR count). The fourth-order valence-corrected chi connectivity index (χ4v) is 2.99. The molecule has 5 nitrogen and oxygen atoms in total. The highest BCUT2D eigenvalue weighted by molar-refractivity contribution is 9.10. The molecule has 0 saturated heterocycles. The van der Waals surface area contributed by atoms with E-state index in [9.17, 15) is 13.2 Å². The lowest BCUT2D eigenvalue weighted by atomic mass is 10.2. The number of rotatable bonds is 7. The number of nitrogens with one attached hydrogen (secondary N) is 1. The van der Waals surface area contributed by atoms with Crippen LogP contribution in [-0.4, -0.2) is 33.7 Å². The van der Waals surface area contributed by atoms with Crippen molar-refractivity contribution in [3.05, 3.63) is 40.9 Å². The number of carbonyl (C=O) groups excluding carboxylic acids is 1. The van der Waals surface area contributed by atoms with Crippen molar-refractivity contribution in [2.24, 2.45) is 0 Å². The maximum Gasteiger partial charge on any atom is 0.232 e. The van der Waals surface area contributed by atoms with Crippen LogP contribution < -0.4 is 9.62 Å². The summed E-state index contributed by atoms with van der Waals surface area (Å²) in [6.45, 7) is 5.89. The molecule has 21 heavy (non-hydrogen) atoms. The van der Waals surface area contributed by atoms with Crippen LogP contribution >= 0.6 is 15.9 Å². The van der Waals surface area contributed by atoms with Crippen molar-refractivity contribution in [1.29, 1.82) is 0 Å². The molecule has 0 radical (unpaired) electrons. The van der Waals surface area contributed by atoms with Crippen molar-refractivity contribution in [3.63, 3.8) is 0 Å². The van der Waals surface area contributed by atoms with Crippen molar-refractivity contribution in [1.82, 2.24) is 5.32 Å². The number of amides is 1. The molecule has 0 aliphatic heterocycles. The first-order valence-electron chi connectivity index (χ1n) is 6.37. The summed E-state index contributed by atoms with van der Waals surface area (Å²) in [5.41, 5.74) is 1.54. The fourth-order valence-electron chi connectivity index (χ4n) is 1.70. The van der Waals surface area contributed by atoms with Crippen molar-refractivity contribution in [2.75, 3.05) is 23.7 Å². The van der Waals surface area contributed by atoms with Gasteiger partial charge in [-0.1, -0.05) is 28.1 Å². The highest BCUT2D eigenvalue weighted by Crippen LogP contribution is 2.25. The Morgan fingerprint density at radius 2 is 2.14 bits per heavy atom. The zero-order chi connectivity index (χ0) is 16.0. The van der Waals surface area contributed by atoms with Gasteiger partial charge in [0.15, 0.2) is 0 Å². The van der Waals surface area contributed by atoms with Gasteiger partial charge in [0.1, 0.15) is 0 Å². The lowest BCUT2D eigenvalue weighted by molar-refractivity contribution is -0.120. The molecule has 0 spiro atoms. The van der Waals surface area contributed by atoms with Gasteiger partial charge in [-0.2, -0.15) is 0 Å². The number of sulfonamides is 1. The minimum Gasteiger partial charge on any atom is -0.353 e. The first kappa shape index (κ1) is 17.7. The van der Waals surface area contributed by atoms with Crippen LogP contribution in [0.3, 0.4) is 0 Å². The molecule has 1 aromatic carbocycles. The molecule has 0 aliphatic rings. The second kappa shape index (κ2) is 7.61. The van der Waals surface area contributed by atoms with Gasteiger partial charge in [0.05, 0.1) is 11.9 Å². The summed E-state index contributed by atoms with van der Waals surface area (Å²) >= 11 is 3.38. The van der Waals surface area contributed by atoms with E-state index in [1.54, 1.807) is 18.2 Å². The molecular formula is C14H19BrN2O3S. The van der Waals surface area contributed by atoms with E-state index in [4.69, 9.17) is 0 Å². The minimum absolute atomic E-state index is 0.0897. The maximum absolute atomic E-state index is 11.9. The molecule has 0 fully saturated rings. The molecular weight excluding hydrogens is 356 g/mol. The Morgan fingerprint density at radius 3 is 2.67 bits per heavy atom. The lowest BCUT2D eigenvalue weighted by Gasteiger charge is -2.22. The quantitative estimate of drug-likeness (QED) is 0.744. The Hall–Kier alpha value is -1.34. The summed E-state index contributed by atoms with van der Waals surface area (Å²) < 4.78 is 25.9. The highest BCUT2D eigenvalue weighted by atomic mass is 79.9. The third-order valence-corrected chi connectivity index (χ3v) is 4.88. The predicted molar refractivity (Wildman–Crippen MR) is 88.9 cm³/mol. The van der Waals surface area contributed by atoms with Crippen molar-refractivity contribution < 1.29 is 13.2 Å². The summed E-state index contributed by atoms with van der Waals surface area (Å²) in [6, 6.07) is 5.29. The van der Waals surface area contributed by atoms with Crippen molar-refractivity contribution in [2.45, 2.75) is 13.3 Å². The summed E-state index contributed by atoms with van der Waals surface area (Å²) in [7, 11) is -3.45. The van der Waals surface area contributed by atoms with Crippen LogP contribution in [0, 0.1) is 6.92 Å². The van der Waals surface area contributed by atoms with E-state index >= 15 is 0 Å². The number of anilines is 1. The van der Waals surface area contributed by atoms with E-state index in [2.05, 4.69) is 27.8 Å². The third-order valence-electron chi connectivity index (χ3n) is 2.83. The first-order valence-corrected chi connectivity index (χ1v) is 9.01. The SMILES string of the molecule is C=CCNC(=O)CCN(c1ccc(C)c(Br)c1)S(C)(=O)=O. The molecule has 0 aromatic heterocycles. The molecule has 0 saturated carbocycles. The van der Waals surface area contributed by atoms with E-state index in [0.29, 0.717) is 12.2 Å². The number of halogens is 1. The zero-order valence-corrected chi connectivity index (χ0v) is 14.5. The van der Waals surface area contributed by atoms with Gasteiger partial charge in [0.2, 0.25) is 15.9 Å². The Kier molecular flexibility index (Phi) is 6.42. The number of hydrogen-bond donors (Lipinski definition) is 1. The van der Waals surface area contributed by atoms with Gasteiger partial charge in [0.25, 0.3) is 0 Å². The van der Waals surface area contributed by atoms with Crippen LogP contribution in [-0.2, 0) is 14.8 Å². The maximum atomic E-state index is 11.9. The van der Waals surface area contributed by atoms with Crippen LogP contribution in [0.1, 0.15) is 12.0 Å². The average molecular weight is 375 g/mol. The van der Waals surface area contributed by atoms with Crippen LogP contribution in [0.25, 0.3) is 0 Å². The molecule has 1 aromatic rings. The Labute approximate surface area is 134 Å². The molecule has 0 atom stereocenters. The van der Waals surface area contributed by atoms with Gasteiger partial charge in [-0.25, -0.2) is 8.42 Å². The van der Waals surface area contributed by atoms with Gasteiger partial charge in [-0.3, -0.25) is 9.10 Å². The van der Waals surface area contributed by atoms with Gasteiger partial charge in [-0.05, 0) is 24.6 Å². The molecule has 0 aliphatic carbocycles. The Balaban J connectivity index is 2.89. The largest absolute Gasteiger partial charge is 0.353 e. The van der Waals surface area contributed by atoms with Gasteiger partial charge < -0.3 is 5.32 Å². The Morgan fingerprint density at radius 1 is 1.48 bits per heavy atom. The summed E-state index contributed by atoms with van der Waals surface area (Å²) in [6.07, 6.45) is 2.79. The van der Waals surface area contributed by atoms with Gasteiger partial charge >= 0.3 is 0 Å². The molecule has 0 unspecified atom stereocenters. The molecule has 0 heterocycles. The predicted octanol–water partition coefficient (Wildman–Crippen LogP) is 2.22. The molecule has 1 amide bonds. The highest BCUT2D eigenvalue weighted by Gasteiger charge is 2.19. The molecule has 0 bridgehead atoms. The van der Waals surface area contributed by atoms with Crippen LogP contribution in [0.2, 0.25) is 0 Å². The van der Waals surface area contributed by atoms with Gasteiger partial charge in [-0.15, -0.1) is 6.58 Å². The molecule has 7 heteroatoms. The number of nitrogens with zero attached hydrogens (tertiary/aromatic N) is 1. The number of carbonyl (C=O) groups is 1. The average Bonchev–Trinajstić information content (AvgIpc) is 2.39. The zero-order valence-electron chi connectivity index (χ0n) is 12.1. The summed E-state index contributed by atoms with van der Waals surface area (Å²) in [4.78, 5) is 11.6. The second-order valence-corrected chi connectivity index (χ2v) is 7.37. The topological polar surface area (TPSA) is 66.5 Å². The van der Waals surface area contributed by atoms with E-state index < -0.39 is 10.0 Å². The number of benzene rings is 1. The summed E-state index contributed by atoms with van der Waals surface area (Å²) in [5, 5.41) is 2.62. The van der Waals surface area contributed by atoms with E-state index in [1.165, 1.54) is 4.31 Å². The van der Waals surface area contributed by atoms with Crippen LogP contribution in [0.5, 0.6) is 0 Å². The van der Waals surface area contributed by atoms with Gasteiger partial charge in [0, 0.05) is 24.0 Å². The van der Waals surface area contributed by atoms with Crippen molar-refractivity contribution in [3.8, 4) is 0 Å². The van der Waals surface area contributed by atoms with Crippen LogP contribution in [0.4, 0.5) is 5.69 Å². The molecule has 1 N–H and O–H groups in total. The van der Waals surface area contributed by atoms with Crippen LogP contribution in [0.15, 0.2) is 35.3 Å². The smallest absolute Gasteiger partial charge is 0.232 e. The lowest BCUT2D eigenvalue weighted by Crippen LogP contribution is -2.34. The number of hydrogen-bond acceptors (Lipinski definition) is 3. The van der Waals surface area contributed by atoms with E-state index in [1.807, 2.05) is 13.0 Å².